The molecule has 0 N–H and O–H groups in total. The fraction of sp³-hybridized carbons (Fsp3) is 0.261. The average molecular weight is 345 g/mol. The molecule has 2 aliphatic rings. The van der Waals surface area contributed by atoms with Crippen molar-refractivity contribution in [3.63, 3.8) is 0 Å². The maximum Gasteiger partial charge on any atom is 0.410 e. The van der Waals surface area contributed by atoms with Gasteiger partial charge in [0.15, 0.2) is 0 Å². The van der Waals surface area contributed by atoms with Crippen molar-refractivity contribution in [3.8, 4) is 0 Å². The second-order valence-electron chi connectivity index (χ2n) is 6.99. The summed E-state index contributed by atoms with van der Waals surface area (Å²) in [6.07, 6.45) is 4.87. The summed E-state index contributed by atoms with van der Waals surface area (Å²) < 4.78 is 5.56. The molecule has 0 spiro atoms. The van der Waals surface area contributed by atoms with Crippen LogP contribution in [0.15, 0.2) is 78.9 Å². The van der Waals surface area contributed by atoms with E-state index in [0.717, 1.165) is 36.0 Å². The summed E-state index contributed by atoms with van der Waals surface area (Å²) in [5.41, 5.74) is 4.49. The first-order valence-corrected chi connectivity index (χ1v) is 9.17. The summed E-state index contributed by atoms with van der Waals surface area (Å²) >= 11 is 0. The molecule has 2 aliphatic heterocycles. The van der Waals surface area contributed by atoms with Gasteiger partial charge in [-0.25, -0.2) is 4.79 Å². The van der Waals surface area contributed by atoms with Crippen LogP contribution >= 0.6 is 0 Å². The predicted molar refractivity (Wildman–Crippen MR) is 103 cm³/mol. The van der Waals surface area contributed by atoms with E-state index in [2.05, 4.69) is 24.8 Å². The zero-order valence-corrected chi connectivity index (χ0v) is 14.8. The van der Waals surface area contributed by atoms with Crippen molar-refractivity contribution in [3.05, 3.63) is 90.0 Å². The first-order valence-electron chi connectivity index (χ1n) is 9.17. The van der Waals surface area contributed by atoms with Gasteiger partial charge in [0.1, 0.15) is 6.61 Å². The van der Waals surface area contributed by atoms with E-state index in [0.29, 0.717) is 6.61 Å². The Kier molecular flexibility index (Phi) is 4.61. The van der Waals surface area contributed by atoms with Gasteiger partial charge in [-0.3, -0.25) is 4.90 Å². The van der Waals surface area contributed by atoms with Gasteiger partial charge in [-0.1, -0.05) is 73.3 Å². The standard InChI is InChI=1S/C23H23NO2/c1-17(19-10-6-3-7-11-19)20-14-21-12-13-22(15-20)24(21)23(25)26-16-18-8-4-2-5-9-18/h2-11,14,21-22H,1,12-13,15-16H2. The Morgan fingerprint density at radius 1 is 1.04 bits per heavy atom. The summed E-state index contributed by atoms with van der Waals surface area (Å²) in [5, 5.41) is 0. The molecule has 2 bridgehead atoms. The topological polar surface area (TPSA) is 29.5 Å². The minimum absolute atomic E-state index is 0.118. The Hall–Kier alpha value is -2.81. The van der Waals surface area contributed by atoms with Crippen LogP contribution in [-0.2, 0) is 11.3 Å². The Balaban J connectivity index is 1.45. The molecule has 2 heterocycles. The number of fused-ring (bicyclic) bond motifs is 2. The number of allylic oxidation sites excluding steroid dienone is 1. The smallest absolute Gasteiger partial charge is 0.410 e. The lowest BCUT2D eigenvalue weighted by atomic mass is 9.91. The van der Waals surface area contributed by atoms with Crippen LogP contribution in [0.5, 0.6) is 0 Å². The average Bonchev–Trinajstić information content (AvgIpc) is 2.96. The molecular weight excluding hydrogens is 322 g/mol. The first kappa shape index (κ1) is 16.6. The van der Waals surface area contributed by atoms with E-state index < -0.39 is 0 Å². The highest BCUT2D eigenvalue weighted by atomic mass is 16.6. The number of nitrogens with zero attached hydrogens (tertiary/aromatic N) is 1. The number of rotatable bonds is 4. The minimum atomic E-state index is -0.207. The summed E-state index contributed by atoms with van der Waals surface area (Å²) in [6, 6.07) is 20.4. The number of carbonyl (C=O) groups is 1. The lowest BCUT2D eigenvalue weighted by Gasteiger charge is -2.33. The molecule has 1 saturated heterocycles. The Morgan fingerprint density at radius 2 is 1.73 bits per heavy atom. The van der Waals surface area contributed by atoms with Gasteiger partial charge < -0.3 is 4.74 Å². The van der Waals surface area contributed by atoms with Gasteiger partial charge in [0.2, 0.25) is 0 Å². The second-order valence-corrected chi connectivity index (χ2v) is 6.99. The second kappa shape index (κ2) is 7.20. The SMILES string of the molecule is C=C(C1=CC2CCC(C1)N2C(=O)OCc1ccccc1)c1ccccc1. The monoisotopic (exact) mass is 345 g/mol. The van der Waals surface area contributed by atoms with Crippen LogP contribution in [0.25, 0.3) is 5.57 Å². The Labute approximate surface area is 154 Å². The van der Waals surface area contributed by atoms with Crippen LogP contribution in [0.3, 0.4) is 0 Å². The van der Waals surface area contributed by atoms with Crippen molar-refractivity contribution in [1.29, 1.82) is 0 Å². The minimum Gasteiger partial charge on any atom is -0.445 e. The highest BCUT2D eigenvalue weighted by molar-refractivity contribution is 5.79. The third-order valence-electron chi connectivity index (χ3n) is 5.32. The van der Waals surface area contributed by atoms with Gasteiger partial charge in [0.05, 0.1) is 6.04 Å². The number of carbonyl (C=O) groups excluding carboxylic acids is 1. The van der Waals surface area contributed by atoms with E-state index in [1.165, 1.54) is 5.57 Å². The molecule has 2 aromatic carbocycles. The molecule has 0 aliphatic carbocycles. The van der Waals surface area contributed by atoms with Crippen molar-refractivity contribution in [2.75, 3.05) is 0 Å². The normalized spacial score (nSPS) is 21.2. The molecule has 0 aromatic heterocycles. The van der Waals surface area contributed by atoms with E-state index in [1.54, 1.807) is 0 Å². The molecule has 0 radical (unpaired) electrons. The Morgan fingerprint density at radius 3 is 2.42 bits per heavy atom. The van der Waals surface area contributed by atoms with Gasteiger partial charge in [-0.15, -0.1) is 0 Å². The van der Waals surface area contributed by atoms with Crippen LogP contribution < -0.4 is 0 Å². The summed E-state index contributed by atoms with van der Waals surface area (Å²) in [5.74, 6) is 0. The summed E-state index contributed by atoms with van der Waals surface area (Å²) in [4.78, 5) is 14.6. The van der Waals surface area contributed by atoms with E-state index in [-0.39, 0.29) is 18.2 Å². The molecule has 2 atom stereocenters. The maximum absolute atomic E-state index is 12.6. The largest absolute Gasteiger partial charge is 0.445 e. The van der Waals surface area contributed by atoms with Gasteiger partial charge in [0, 0.05) is 6.04 Å². The maximum atomic E-state index is 12.6. The molecule has 132 valence electrons. The molecule has 4 rings (SSSR count). The van der Waals surface area contributed by atoms with Gasteiger partial charge in [-0.05, 0) is 41.5 Å². The van der Waals surface area contributed by atoms with E-state index in [1.807, 2.05) is 53.4 Å². The number of amides is 1. The quantitative estimate of drug-likeness (QED) is 0.762. The van der Waals surface area contributed by atoms with Crippen LogP contribution in [-0.4, -0.2) is 23.1 Å². The zero-order valence-electron chi connectivity index (χ0n) is 14.8. The number of hydrogen-bond acceptors (Lipinski definition) is 2. The van der Waals surface area contributed by atoms with Gasteiger partial charge in [0.25, 0.3) is 0 Å². The highest BCUT2D eigenvalue weighted by Crippen LogP contribution is 2.39. The molecule has 1 amide bonds. The fourth-order valence-corrected chi connectivity index (χ4v) is 3.96. The molecule has 0 saturated carbocycles. The summed E-state index contributed by atoms with van der Waals surface area (Å²) in [6.45, 7) is 4.61. The molecule has 26 heavy (non-hydrogen) atoms. The molecule has 3 nitrogen and oxygen atoms in total. The third kappa shape index (κ3) is 3.30. The van der Waals surface area contributed by atoms with Crippen molar-refractivity contribution >= 4 is 11.7 Å². The van der Waals surface area contributed by atoms with Crippen LogP contribution in [0.4, 0.5) is 4.79 Å². The molecule has 1 fully saturated rings. The summed E-state index contributed by atoms with van der Waals surface area (Å²) in [7, 11) is 0. The third-order valence-corrected chi connectivity index (χ3v) is 5.32. The highest BCUT2D eigenvalue weighted by Gasteiger charge is 2.40. The van der Waals surface area contributed by atoms with Crippen LogP contribution in [0.1, 0.15) is 30.4 Å². The van der Waals surface area contributed by atoms with Crippen molar-refractivity contribution in [2.24, 2.45) is 0 Å². The molecule has 2 aromatic rings. The first-order chi connectivity index (χ1) is 12.7. The lowest BCUT2D eigenvalue weighted by Crippen LogP contribution is -2.43. The zero-order chi connectivity index (χ0) is 17.9. The predicted octanol–water partition coefficient (Wildman–Crippen LogP) is 5.20. The van der Waals surface area contributed by atoms with E-state index >= 15 is 0 Å². The molecule has 2 unspecified atom stereocenters. The van der Waals surface area contributed by atoms with Gasteiger partial charge >= 0.3 is 6.09 Å². The fourth-order valence-electron chi connectivity index (χ4n) is 3.96. The van der Waals surface area contributed by atoms with Gasteiger partial charge in [-0.2, -0.15) is 0 Å². The number of benzene rings is 2. The van der Waals surface area contributed by atoms with Crippen molar-refractivity contribution in [1.82, 2.24) is 4.90 Å². The van der Waals surface area contributed by atoms with E-state index in [4.69, 9.17) is 4.74 Å². The Bertz CT molecular complexity index is 826. The number of ether oxygens (including phenoxy) is 1. The van der Waals surface area contributed by atoms with Crippen molar-refractivity contribution < 1.29 is 9.53 Å². The van der Waals surface area contributed by atoms with Crippen LogP contribution in [0.2, 0.25) is 0 Å². The molecular formula is C23H23NO2. The van der Waals surface area contributed by atoms with Crippen molar-refractivity contribution in [2.45, 2.75) is 38.0 Å². The molecule has 3 heteroatoms. The van der Waals surface area contributed by atoms with E-state index in [9.17, 15) is 4.79 Å². The number of hydrogen-bond donors (Lipinski definition) is 0. The van der Waals surface area contributed by atoms with Crippen LogP contribution in [0, 0.1) is 0 Å². The lowest BCUT2D eigenvalue weighted by molar-refractivity contribution is 0.0820.